The number of aromatic nitrogens is 1. The third-order valence-corrected chi connectivity index (χ3v) is 4.40. The first-order chi connectivity index (χ1) is 10.1. The molecule has 1 aromatic heterocycles. The zero-order valence-electron chi connectivity index (χ0n) is 11.9. The molecule has 0 saturated carbocycles. The number of anilines is 1. The standard InChI is InChI=1S/C15H19N3O2S/c1-2-16-10-7-13-3-5-15(6-4-13)21(19,20)18-14-8-11-17-12-9-14/h3-6,8-9,11-12,16H,2,7,10H2,1H3,(H,17,18). The Bertz CT molecular complexity index is 655. The van der Waals surface area contributed by atoms with E-state index in [0.717, 1.165) is 25.1 Å². The number of hydrogen-bond acceptors (Lipinski definition) is 4. The molecular formula is C15H19N3O2S. The summed E-state index contributed by atoms with van der Waals surface area (Å²) in [7, 11) is -3.55. The topological polar surface area (TPSA) is 71.1 Å². The third kappa shape index (κ3) is 4.54. The molecule has 0 aliphatic carbocycles. The highest BCUT2D eigenvalue weighted by Gasteiger charge is 2.13. The average Bonchev–Trinajstić information content (AvgIpc) is 2.49. The Labute approximate surface area is 125 Å². The number of rotatable bonds is 7. The Morgan fingerprint density at radius 1 is 1.05 bits per heavy atom. The minimum Gasteiger partial charge on any atom is -0.317 e. The lowest BCUT2D eigenvalue weighted by molar-refractivity contribution is 0.601. The first-order valence-corrected chi connectivity index (χ1v) is 8.32. The zero-order chi connectivity index (χ0) is 15.1. The fourth-order valence-electron chi connectivity index (χ4n) is 1.88. The fraction of sp³-hybridized carbons (Fsp3) is 0.267. The number of sulfonamides is 1. The van der Waals surface area contributed by atoms with Crippen LogP contribution in [0.5, 0.6) is 0 Å². The van der Waals surface area contributed by atoms with Crippen molar-refractivity contribution in [3.63, 3.8) is 0 Å². The Balaban J connectivity index is 2.06. The van der Waals surface area contributed by atoms with Crippen LogP contribution in [0, 0.1) is 0 Å². The molecule has 0 atom stereocenters. The molecule has 0 fully saturated rings. The highest BCUT2D eigenvalue weighted by atomic mass is 32.2. The monoisotopic (exact) mass is 305 g/mol. The van der Waals surface area contributed by atoms with Gasteiger partial charge in [-0.1, -0.05) is 19.1 Å². The van der Waals surface area contributed by atoms with E-state index in [2.05, 4.69) is 21.9 Å². The van der Waals surface area contributed by atoms with Crippen LogP contribution in [0.3, 0.4) is 0 Å². The average molecular weight is 305 g/mol. The van der Waals surface area contributed by atoms with Gasteiger partial charge in [-0.05, 0) is 49.3 Å². The van der Waals surface area contributed by atoms with Crippen molar-refractivity contribution >= 4 is 15.7 Å². The highest BCUT2D eigenvalue weighted by Crippen LogP contribution is 2.16. The van der Waals surface area contributed by atoms with Gasteiger partial charge in [0.1, 0.15) is 0 Å². The highest BCUT2D eigenvalue weighted by molar-refractivity contribution is 7.92. The van der Waals surface area contributed by atoms with E-state index in [1.54, 1.807) is 36.7 Å². The van der Waals surface area contributed by atoms with Crippen LogP contribution in [-0.2, 0) is 16.4 Å². The maximum absolute atomic E-state index is 12.2. The van der Waals surface area contributed by atoms with Crippen LogP contribution < -0.4 is 10.0 Å². The normalized spacial score (nSPS) is 11.3. The Hall–Kier alpha value is -1.92. The van der Waals surface area contributed by atoms with Crippen LogP contribution in [0.1, 0.15) is 12.5 Å². The number of likely N-dealkylation sites (N-methyl/N-ethyl adjacent to an activating group) is 1. The van der Waals surface area contributed by atoms with Crippen LogP contribution in [0.4, 0.5) is 5.69 Å². The van der Waals surface area contributed by atoms with Gasteiger partial charge in [-0.2, -0.15) is 0 Å². The van der Waals surface area contributed by atoms with Crippen LogP contribution in [0.2, 0.25) is 0 Å². The molecule has 0 aliphatic rings. The summed E-state index contributed by atoms with van der Waals surface area (Å²) in [6.45, 7) is 3.88. The summed E-state index contributed by atoms with van der Waals surface area (Å²) in [5, 5.41) is 3.24. The largest absolute Gasteiger partial charge is 0.317 e. The van der Waals surface area contributed by atoms with E-state index < -0.39 is 10.0 Å². The van der Waals surface area contributed by atoms with Gasteiger partial charge in [0.05, 0.1) is 10.6 Å². The molecule has 0 unspecified atom stereocenters. The lowest BCUT2D eigenvalue weighted by atomic mass is 10.1. The maximum Gasteiger partial charge on any atom is 0.261 e. The molecule has 2 N–H and O–H groups in total. The number of nitrogens with zero attached hydrogens (tertiary/aromatic N) is 1. The van der Waals surface area contributed by atoms with Gasteiger partial charge in [-0.25, -0.2) is 8.42 Å². The van der Waals surface area contributed by atoms with Gasteiger partial charge in [-0.15, -0.1) is 0 Å². The molecule has 6 heteroatoms. The second kappa shape index (κ2) is 7.19. The number of nitrogens with one attached hydrogen (secondary N) is 2. The molecule has 21 heavy (non-hydrogen) atoms. The summed E-state index contributed by atoms with van der Waals surface area (Å²) in [5.41, 5.74) is 1.61. The van der Waals surface area contributed by atoms with Crippen molar-refractivity contribution < 1.29 is 8.42 Å². The molecular weight excluding hydrogens is 286 g/mol. The summed E-state index contributed by atoms with van der Waals surface area (Å²) >= 11 is 0. The van der Waals surface area contributed by atoms with Crippen molar-refractivity contribution in [1.29, 1.82) is 0 Å². The lowest BCUT2D eigenvalue weighted by Gasteiger charge is -2.08. The van der Waals surface area contributed by atoms with Gasteiger partial charge in [0.15, 0.2) is 0 Å². The molecule has 0 aliphatic heterocycles. The second-order valence-corrected chi connectivity index (χ2v) is 6.27. The number of hydrogen-bond donors (Lipinski definition) is 2. The van der Waals surface area contributed by atoms with E-state index in [9.17, 15) is 8.42 Å². The minimum absolute atomic E-state index is 0.256. The van der Waals surface area contributed by atoms with E-state index in [1.807, 2.05) is 12.1 Å². The first-order valence-electron chi connectivity index (χ1n) is 6.84. The van der Waals surface area contributed by atoms with Gasteiger partial charge in [-0.3, -0.25) is 9.71 Å². The molecule has 5 nitrogen and oxygen atoms in total. The summed E-state index contributed by atoms with van der Waals surface area (Å²) in [5.74, 6) is 0. The summed E-state index contributed by atoms with van der Waals surface area (Å²) in [4.78, 5) is 4.11. The Morgan fingerprint density at radius 3 is 2.33 bits per heavy atom. The zero-order valence-corrected chi connectivity index (χ0v) is 12.7. The van der Waals surface area contributed by atoms with Crippen molar-refractivity contribution in [3.05, 3.63) is 54.4 Å². The van der Waals surface area contributed by atoms with Gasteiger partial charge < -0.3 is 5.32 Å². The van der Waals surface area contributed by atoms with Crippen LogP contribution in [0.15, 0.2) is 53.7 Å². The van der Waals surface area contributed by atoms with E-state index in [0.29, 0.717) is 5.69 Å². The molecule has 112 valence electrons. The van der Waals surface area contributed by atoms with Crippen molar-refractivity contribution in [2.45, 2.75) is 18.2 Å². The van der Waals surface area contributed by atoms with Gasteiger partial charge in [0, 0.05) is 12.4 Å². The van der Waals surface area contributed by atoms with Crippen LogP contribution in [0.25, 0.3) is 0 Å². The van der Waals surface area contributed by atoms with Gasteiger partial charge >= 0.3 is 0 Å². The molecule has 0 bridgehead atoms. The maximum atomic E-state index is 12.2. The van der Waals surface area contributed by atoms with E-state index in [4.69, 9.17) is 0 Å². The molecule has 0 amide bonds. The summed E-state index contributed by atoms with van der Waals surface area (Å²) < 4.78 is 27.0. The molecule has 2 rings (SSSR count). The number of benzene rings is 1. The molecule has 1 heterocycles. The number of pyridine rings is 1. The predicted octanol–water partition coefficient (Wildman–Crippen LogP) is 2.03. The molecule has 0 saturated heterocycles. The van der Waals surface area contributed by atoms with Gasteiger partial charge in [0.2, 0.25) is 0 Å². The second-order valence-electron chi connectivity index (χ2n) is 4.59. The SMILES string of the molecule is CCNCCc1ccc(S(=O)(=O)Nc2ccncc2)cc1. The molecule has 0 spiro atoms. The van der Waals surface area contributed by atoms with E-state index in [1.165, 1.54) is 0 Å². The van der Waals surface area contributed by atoms with Gasteiger partial charge in [0.25, 0.3) is 10.0 Å². The van der Waals surface area contributed by atoms with E-state index >= 15 is 0 Å². The smallest absolute Gasteiger partial charge is 0.261 e. The summed E-state index contributed by atoms with van der Waals surface area (Å²) in [6.07, 6.45) is 3.97. The quantitative estimate of drug-likeness (QED) is 0.768. The van der Waals surface area contributed by atoms with Crippen molar-refractivity contribution in [1.82, 2.24) is 10.3 Å². The van der Waals surface area contributed by atoms with Crippen molar-refractivity contribution in [2.24, 2.45) is 0 Å². The van der Waals surface area contributed by atoms with Crippen LogP contribution in [-0.4, -0.2) is 26.5 Å². The van der Waals surface area contributed by atoms with E-state index in [-0.39, 0.29) is 4.90 Å². The van der Waals surface area contributed by atoms with Crippen LogP contribution >= 0.6 is 0 Å². The summed E-state index contributed by atoms with van der Waals surface area (Å²) in [6, 6.07) is 10.2. The molecule has 1 aromatic carbocycles. The molecule has 0 radical (unpaired) electrons. The minimum atomic E-state index is -3.55. The molecule has 2 aromatic rings. The Kier molecular flexibility index (Phi) is 5.30. The lowest BCUT2D eigenvalue weighted by Crippen LogP contribution is -2.16. The first kappa shape index (κ1) is 15.5. The van der Waals surface area contributed by atoms with Crippen molar-refractivity contribution in [3.8, 4) is 0 Å². The predicted molar refractivity (Wildman–Crippen MR) is 83.7 cm³/mol. The fourth-order valence-corrected chi connectivity index (χ4v) is 2.94. The Morgan fingerprint density at radius 2 is 1.71 bits per heavy atom. The van der Waals surface area contributed by atoms with Crippen molar-refractivity contribution in [2.75, 3.05) is 17.8 Å². The third-order valence-electron chi connectivity index (χ3n) is 3.01.